The molecular weight excluding hydrogens is 222 g/mol. The Morgan fingerprint density at radius 1 is 1.38 bits per heavy atom. The zero-order valence-corrected chi connectivity index (χ0v) is 10.8. The number of nitrogens with zero attached hydrogens (tertiary/aromatic N) is 2. The molecule has 0 aliphatic rings. The van der Waals surface area contributed by atoms with Crippen molar-refractivity contribution in [3.05, 3.63) is 18.1 Å². The molecule has 1 aromatic heterocycles. The number of nitrogens with one attached hydrogen (secondary N) is 1. The van der Waals surface area contributed by atoms with E-state index in [9.17, 15) is 0 Å². The summed E-state index contributed by atoms with van der Waals surface area (Å²) >= 11 is 5.75. The molecule has 90 valence electrons. The molecule has 1 atom stereocenters. The molecule has 0 spiro atoms. The van der Waals surface area contributed by atoms with Crippen LogP contribution in [0.3, 0.4) is 0 Å². The smallest absolute Gasteiger partial charge is 0.129 e. The summed E-state index contributed by atoms with van der Waals surface area (Å²) in [5.41, 5.74) is 1.07. The number of rotatable bonds is 7. The Morgan fingerprint density at radius 3 is 2.81 bits per heavy atom. The minimum absolute atomic E-state index is 0.623. The highest BCUT2D eigenvalue weighted by Crippen LogP contribution is 2.11. The highest BCUT2D eigenvalue weighted by molar-refractivity contribution is 6.17. The highest BCUT2D eigenvalue weighted by atomic mass is 35.5. The van der Waals surface area contributed by atoms with Crippen LogP contribution in [-0.4, -0.2) is 22.4 Å². The van der Waals surface area contributed by atoms with E-state index >= 15 is 0 Å². The van der Waals surface area contributed by atoms with Gasteiger partial charge in [-0.2, -0.15) is 0 Å². The van der Waals surface area contributed by atoms with E-state index in [1.165, 1.54) is 0 Å². The number of aryl methyl sites for hydroxylation is 1. The summed E-state index contributed by atoms with van der Waals surface area (Å²) in [4.78, 5) is 8.37. The molecule has 16 heavy (non-hydrogen) atoms. The summed E-state index contributed by atoms with van der Waals surface area (Å²) in [6.07, 6.45) is 4.75. The van der Waals surface area contributed by atoms with Crippen molar-refractivity contribution in [3.63, 3.8) is 0 Å². The second kappa shape index (κ2) is 7.44. The SMILES string of the molecule is CCc1cc(NCC(CC)CCCl)ncn1. The van der Waals surface area contributed by atoms with Gasteiger partial charge in [-0.05, 0) is 18.8 Å². The average Bonchev–Trinajstić information content (AvgIpc) is 2.34. The Kier molecular flexibility index (Phi) is 6.16. The molecule has 0 bridgehead atoms. The summed E-state index contributed by atoms with van der Waals surface area (Å²) in [6.45, 7) is 5.22. The highest BCUT2D eigenvalue weighted by Gasteiger charge is 2.05. The third-order valence-corrected chi connectivity index (χ3v) is 2.97. The molecule has 0 radical (unpaired) electrons. The molecule has 0 saturated heterocycles. The van der Waals surface area contributed by atoms with Crippen molar-refractivity contribution in [1.82, 2.24) is 9.97 Å². The first-order valence-electron chi connectivity index (χ1n) is 5.90. The Labute approximate surface area is 103 Å². The van der Waals surface area contributed by atoms with Gasteiger partial charge in [0.05, 0.1) is 0 Å². The van der Waals surface area contributed by atoms with Gasteiger partial charge in [-0.15, -0.1) is 11.6 Å². The summed E-state index contributed by atoms with van der Waals surface area (Å²) in [5.74, 6) is 2.27. The minimum Gasteiger partial charge on any atom is -0.370 e. The van der Waals surface area contributed by atoms with Crippen molar-refractivity contribution >= 4 is 17.4 Å². The Hall–Kier alpha value is -0.830. The average molecular weight is 242 g/mol. The summed E-state index contributed by atoms with van der Waals surface area (Å²) in [6, 6.07) is 2.01. The third-order valence-electron chi connectivity index (χ3n) is 2.75. The molecule has 0 saturated carbocycles. The molecule has 0 fully saturated rings. The van der Waals surface area contributed by atoms with Crippen LogP contribution in [0.5, 0.6) is 0 Å². The van der Waals surface area contributed by atoms with Crippen LogP contribution in [0.1, 0.15) is 32.4 Å². The van der Waals surface area contributed by atoms with Gasteiger partial charge in [-0.1, -0.05) is 20.3 Å². The van der Waals surface area contributed by atoms with Crippen molar-refractivity contribution in [1.29, 1.82) is 0 Å². The predicted octanol–water partition coefficient (Wildman–Crippen LogP) is 3.11. The van der Waals surface area contributed by atoms with E-state index < -0.39 is 0 Å². The van der Waals surface area contributed by atoms with E-state index in [1.54, 1.807) is 6.33 Å². The zero-order valence-electron chi connectivity index (χ0n) is 10.0. The number of hydrogen-bond acceptors (Lipinski definition) is 3. The lowest BCUT2D eigenvalue weighted by Gasteiger charge is -2.14. The van der Waals surface area contributed by atoms with E-state index in [0.29, 0.717) is 5.92 Å². The summed E-state index contributed by atoms with van der Waals surface area (Å²) in [5, 5.41) is 3.35. The first-order valence-corrected chi connectivity index (χ1v) is 6.44. The van der Waals surface area contributed by atoms with Gasteiger partial charge < -0.3 is 5.32 Å². The van der Waals surface area contributed by atoms with Crippen LogP contribution in [0.4, 0.5) is 5.82 Å². The Morgan fingerprint density at radius 2 is 2.19 bits per heavy atom. The fourth-order valence-corrected chi connectivity index (χ4v) is 1.85. The molecule has 0 aromatic carbocycles. The van der Waals surface area contributed by atoms with Gasteiger partial charge in [0.15, 0.2) is 0 Å². The first kappa shape index (κ1) is 13.2. The van der Waals surface area contributed by atoms with E-state index in [2.05, 4.69) is 29.1 Å². The van der Waals surface area contributed by atoms with Crippen LogP contribution in [0.15, 0.2) is 12.4 Å². The quantitative estimate of drug-likeness (QED) is 0.746. The van der Waals surface area contributed by atoms with Crippen molar-refractivity contribution in [2.24, 2.45) is 5.92 Å². The van der Waals surface area contributed by atoms with Crippen LogP contribution >= 0.6 is 11.6 Å². The van der Waals surface area contributed by atoms with Crippen LogP contribution < -0.4 is 5.32 Å². The Bertz CT molecular complexity index is 304. The van der Waals surface area contributed by atoms with Crippen molar-refractivity contribution in [2.45, 2.75) is 33.1 Å². The zero-order chi connectivity index (χ0) is 11.8. The van der Waals surface area contributed by atoms with Crippen molar-refractivity contribution in [2.75, 3.05) is 17.7 Å². The van der Waals surface area contributed by atoms with Gasteiger partial charge in [-0.3, -0.25) is 0 Å². The maximum atomic E-state index is 5.75. The summed E-state index contributed by atoms with van der Waals surface area (Å²) < 4.78 is 0. The number of alkyl halides is 1. The largest absolute Gasteiger partial charge is 0.370 e. The van der Waals surface area contributed by atoms with Crippen LogP contribution in [0.2, 0.25) is 0 Å². The fraction of sp³-hybridized carbons (Fsp3) is 0.667. The van der Waals surface area contributed by atoms with Crippen LogP contribution in [-0.2, 0) is 6.42 Å². The van der Waals surface area contributed by atoms with Gasteiger partial charge in [0, 0.05) is 24.2 Å². The number of anilines is 1. The molecular formula is C12H20ClN3. The lowest BCUT2D eigenvalue weighted by molar-refractivity contribution is 0.521. The molecule has 0 aliphatic heterocycles. The van der Waals surface area contributed by atoms with E-state index in [-0.39, 0.29) is 0 Å². The molecule has 4 heteroatoms. The lowest BCUT2D eigenvalue weighted by atomic mass is 10.0. The third kappa shape index (κ3) is 4.35. The lowest BCUT2D eigenvalue weighted by Crippen LogP contribution is -2.15. The molecule has 0 amide bonds. The molecule has 1 aromatic rings. The van der Waals surface area contributed by atoms with E-state index in [4.69, 9.17) is 11.6 Å². The Balaban J connectivity index is 2.46. The fourth-order valence-electron chi connectivity index (χ4n) is 1.54. The van der Waals surface area contributed by atoms with Gasteiger partial charge in [0.25, 0.3) is 0 Å². The van der Waals surface area contributed by atoms with E-state index in [1.807, 2.05) is 6.07 Å². The minimum atomic E-state index is 0.623. The second-order valence-corrected chi connectivity index (χ2v) is 4.26. The van der Waals surface area contributed by atoms with E-state index in [0.717, 1.165) is 43.2 Å². The summed E-state index contributed by atoms with van der Waals surface area (Å²) in [7, 11) is 0. The molecule has 3 nitrogen and oxygen atoms in total. The number of halogens is 1. The van der Waals surface area contributed by atoms with Gasteiger partial charge >= 0.3 is 0 Å². The second-order valence-electron chi connectivity index (χ2n) is 3.88. The van der Waals surface area contributed by atoms with Crippen molar-refractivity contribution < 1.29 is 0 Å². The molecule has 1 N–H and O–H groups in total. The maximum absolute atomic E-state index is 5.75. The topological polar surface area (TPSA) is 37.8 Å². The van der Waals surface area contributed by atoms with Crippen LogP contribution in [0.25, 0.3) is 0 Å². The maximum Gasteiger partial charge on any atom is 0.129 e. The monoisotopic (exact) mass is 241 g/mol. The molecule has 0 aliphatic carbocycles. The van der Waals surface area contributed by atoms with Gasteiger partial charge in [-0.25, -0.2) is 9.97 Å². The molecule has 1 rings (SSSR count). The number of aromatic nitrogens is 2. The normalized spacial score (nSPS) is 12.4. The van der Waals surface area contributed by atoms with Crippen molar-refractivity contribution in [3.8, 4) is 0 Å². The number of hydrogen-bond donors (Lipinski definition) is 1. The predicted molar refractivity (Wildman–Crippen MR) is 69.0 cm³/mol. The standard InChI is InChI=1S/C12H20ClN3/c1-3-10(5-6-13)8-14-12-7-11(4-2)15-9-16-12/h7,9-10H,3-6,8H2,1-2H3,(H,14,15,16). The first-order chi connectivity index (χ1) is 7.80. The van der Waals surface area contributed by atoms with Crippen LogP contribution in [0, 0.1) is 5.92 Å². The molecule has 1 unspecified atom stereocenters. The van der Waals surface area contributed by atoms with Gasteiger partial charge in [0.2, 0.25) is 0 Å². The molecule has 1 heterocycles. The van der Waals surface area contributed by atoms with Gasteiger partial charge in [0.1, 0.15) is 12.1 Å².